The van der Waals surface area contributed by atoms with Crippen LogP contribution in [0.4, 0.5) is 18.9 Å². The van der Waals surface area contributed by atoms with Crippen LogP contribution in [0.15, 0.2) is 18.2 Å². The van der Waals surface area contributed by atoms with Crippen LogP contribution in [-0.4, -0.2) is 12.1 Å². The number of nitrogen functional groups attached to an aromatic ring is 1. The molecule has 0 aliphatic rings. The third-order valence-electron chi connectivity index (χ3n) is 2.60. The van der Waals surface area contributed by atoms with Gasteiger partial charge < -0.3 is 11.1 Å². The van der Waals surface area contributed by atoms with Crippen molar-refractivity contribution in [1.82, 2.24) is 5.32 Å². The second kappa shape index (κ2) is 5.75. The van der Waals surface area contributed by atoms with E-state index in [1.54, 1.807) is 25.1 Å². The minimum Gasteiger partial charge on any atom is -0.399 e. The van der Waals surface area contributed by atoms with E-state index >= 15 is 0 Å². The summed E-state index contributed by atoms with van der Waals surface area (Å²) in [7, 11) is 0. The molecule has 1 aromatic rings. The summed E-state index contributed by atoms with van der Waals surface area (Å²) in [6, 6.07) is 5.24. The number of carbonyl (C=O) groups is 1. The highest BCUT2D eigenvalue weighted by Crippen LogP contribution is 2.21. The molecule has 1 aromatic carbocycles. The Morgan fingerprint density at radius 1 is 1.39 bits per heavy atom. The van der Waals surface area contributed by atoms with Crippen LogP contribution < -0.4 is 11.1 Å². The Morgan fingerprint density at radius 3 is 2.67 bits per heavy atom. The lowest BCUT2D eigenvalue weighted by atomic mass is 10.1. The third-order valence-corrected chi connectivity index (χ3v) is 2.60. The first-order valence-electron chi connectivity index (χ1n) is 5.47. The number of hydrogen-bond donors (Lipinski definition) is 2. The molecule has 18 heavy (non-hydrogen) atoms. The molecule has 1 amide bonds. The van der Waals surface area contributed by atoms with Crippen molar-refractivity contribution in [2.24, 2.45) is 0 Å². The van der Waals surface area contributed by atoms with Crippen LogP contribution in [0.1, 0.15) is 24.0 Å². The molecular weight excluding hydrogens is 245 g/mol. The third kappa shape index (κ3) is 4.65. The molecule has 100 valence electrons. The SMILES string of the molecule is Cc1c(N)cccc1CNC(=O)CCC(F)(F)F. The van der Waals surface area contributed by atoms with Crippen LogP contribution in [0.2, 0.25) is 0 Å². The molecule has 0 heterocycles. The first-order valence-corrected chi connectivity index (χ1v) is 5.47. The zero-order valence-corrected chi connectivity index (χ0v) is 9.97. The van der Waals surface area contributed by atoms with E-state index in [9.17, 15) is 18.0 Å². The van der Waals surface area contributed by atoms with Crippen LogP contribution in [-0.2, 0) is 11.3 Å². The highest BCUT2D eigenvalue weighted by molar-refractivity contribution is 5.76. The van der Waals surface area contributed by atoms with Crippen LogP contribution in [0, 0.1) is 6.92 Å². The molecule has 0 fully saturated rings. The monoisotopic (exact) mass is 260 g/mol. The fourth-order valence-electron chi connectivity index (χ4n) is 1.43. The van der Waals surface area contributed by atoms with Gasteiger partial charge >= 0.3 is 6.18 Å². The molecule has 0 atom stereocenters. The van der Waals surface area contributed by atoms with Gasteiger partial charge in [0, 0.05) is 18.7 Å². The van der Waals surface area contributed by atoms with Crippen molar-refractivity contribution >= 4 is 11.6 Å². The smallest absolute Gasteiger partial charge is 0.389 e. The average molecular weight is 260 g/mol. The maximum atomic E-state index is 11.9. The Morgan fingerprint density at radius 2 is 2.06 bits per heavy atom. The zero-order valence-electron chi connectivity index (χ0n) is 9.97. The molecule has 0 spiro atoms. The van der Waals surface area contributed by atoms with Gasteiger partial charge in [0.05, 0.1) is 6.42 Å². The summed E-state index contributed by atoms with van der Waals surface area (Å²) in [5, 5.41) is 2.45. The van der Waals surface area contributed by atoms with Gasteiger partial charge in [-0.2, -0.15) is 13.2 Å². The van der Waals surface area contributed by atoms with Crippen LogP contribution in [0.5, 0.6) is 0 Å². The first kappa shape index (κ1) is 14.3. The van der Waals surface area contributed by atoms with E-state index in [1.807, 2.05) is 0 Å². The maximum absolute atomic E-state index is 11.9. The van der Waals surface area contributed by atoms with Crippen LogP contribution in [0.25, 0.3) is 0 Å². The zero-order chi connectivity index (χ0) is 13.8. The van der Waals surface area contributed by atoms with Crippen LogP contribution in [0.3, 0.4) is 0 Å². The Labute approximate surface area is 103 Å². The van der Waals surface area contributed by atoms with Crippen molar-refractivity contribution < 1.29 is 18.0 Å². The minimum atomic E-state index is -4.30. The Bertz CT molecular complexity index is 430. The van der Waals surface area contributed by atoms with Crippen molar-refractivity contribution in [3.05, 3.63) is 29.3 Å². The summed E-state index contributed by atoms with van der Waals surface area (Å²) in [5.41, 5.74) is 7.90. The van der Waals surface area contributed by atoms with Crippen molar-refractivity contribution in [3.63, 3.8) is 0 Å². The van der Waals surface area contributed by atoms with Crippen molar-refractivity contribution in [1.29, 1.82) is 0 Å². The van der Waals surface area contributed by atoms with Gasteiger partial charge in [-0.1, -0.05) is 12.1 Å². The van der Waals surface area contributed by atoms with Crippen molar-refractivity contribution in [2.45, 2.75) is 32.5 Å². The van der Waals surface area contributed by atoms with E-state index in [0.29, 0.717) is 5.69 Å². The number of nitrogens with two attached hydrogens (primary N) is 1. The number of rotatable bonds is 4. The second-order valence-electron chi connectivity index (χ2n) is 4.02. The van der Waals surface area contributed by atoms with E-state index < -0.39 is 24.9 Å². The topological polar surface area (TPSA) is 55.1 Å². The van der Waals surface area contributed by atoms with E-state index in [0.717, 1.165) is 11.1 Å². The molecule has 3 N–H and O–H groups in total. The summed E-state index contributed by atoms with van der Waals surface area (Å²) >= 11 is 0. The van der Waals surface area contributed by atoms with E-state index in [4.69, 9.17) is 5.73 Å². The van der Waals surface area contributed by atoms with Gasteiger partial charge in [0.25, 0.3) is 0 Å². The molecular formula is C12H15F3N2O. The molecule has 0 saturated carbocycles. The molecule has 0 aliphatic heterocycles. The summed E-state index contributed by atoms with van der Waals surface area (Å²) < 4.78 is 35.7. The lowest BCUT2D eigenvalue weighted by molar-refractivity contribution is -0.144. The van der Waals surface area contributed by atoms with Gasteiger partial charge in [-0.3, -0.25) is 4.79 Å². The number of benzene rings is 1. The molecule has 0 saturated heterocycles. The van der Waals surface area contributed by atoms with Gasteiger partial charge in [0.2, 0.25) is 5.91 Å². The van der Waals surface area contributed by atoms with E-state index in [2.05, 4.69) is 5.32 Å². The summed E-state index contributed by atoms with van der Waals surface area (Å²) in [4.78, 5) is 11.2. The predicted molar refractivity (Wildman–Crippen MR) is 62.7 cm³/mol. The Kier molecular flexibility index (Phi) is 4.58. The van der Waals surface area contributed by atoms with Gasteiger partial charge in [0.15, 0.2) is 0 Å². The Balaban J connectivity index is 2.46. The summed E-state index contributed by atoms with van der Waals surface area (Å²) in [6.45, 7) is 1.99. The minimum absolute atomic E-state index is 0.188. The predicted octanol–water partition coefficient (Wildman–Crippen LogP) is 2.54. The number of amides is 1. The lowest BCUT2D eigenvalue weighted by Crippen LogP contribution is -2.24. The van der Waals surface area contributed by atoms with Gasteiger partial charge in [-0.25, -0.2) is 0 Å². The fourth-order valence-corrected chi connectivity index (χ4v) is 1.43. The maximum Gasteiger partial charge on any atom is 0.389 e. The average Bonchev–Trinajstić information content (AvgIpc) is 2.27. The van der Waals surface area contributed by atoms with Gasteiger partial charge in [-0.15, -0.1) is 0 Å². The van der Waals surface area contributed by atoms with Gasteiger partial charge in [0.1, 0.15) is 0 Å². The van der Waals surface area contributed by atoms with Crippen molar-refractivity contribution in [2.75, 3.05) is 5.73 Å². The summed E-state index contributed by atoms with van der Waals surface area (Å²) in [6.07, 6.45) is -5.95. The Hall–Kier alpha value is -1.72. The molecule has 3 nitrogen and oxygen atoms in total. The van der Waals surface area contributed by atoms with Crippen LogP contribution >= 0.6 is 0 Å². The normalized spacial score (nSPS) is 11.3. The number of alkyl halides is 3. The summed E-state index contributed by atoms with van der Waals surface area (Å²) in [5.74, 6) is -0.617. The molecule has 6 heteroatoms. The molecule has 0 unspecified atom stereocenters. The standard InChI is InChI=1S/C12H15F3N2O/c1-8-9(3-2-4-10(8)16)7-17-11(18)5-6-12(13,14)15/h2-4H,5-7,16H2,1H3,(H,17,18). The first-order chi connectivity index (χ1) is 8.29. The molecule has 0 aromatic heterocycles. The number of hydrogen-bond acceptors (Lipinski definition) is 2. The lowest BCUT2D eigenvalue weighted by Gasteiger charge is -2.10. The molecule has 0 aliphatic carbocycles. The second-order valence-corrected chi connectivity index (χ2v) is 4.02. The molecule has 1 rings (SSSR count). The number of halogens is 3. The fraction of sp³-hybridized carbons (Fsp3) is 0.417. The highest BCUT2D eigenvalue weighted by atomic mass is 19.4. The van der Waals surface area contributed by atoms with Gasteiger partial charge in [-0.05, 0) is 24.1 Å². The van der Waals surface area contributed by atoms with E-state index in [1.165, 1.54) is 0 Å². The number of carbonyl (C=O) groups excluding carboxylic acids is 1. The number of nitrogens with one attached hydrogen (secondary N) is 1. The number of anilines is 1. The molecule has 0 radical (unpaired) electrons. The molecule has 0 bridgehead atoms. The van der Waals surface area contributed by atoms with Crippen molar-refractivity contribution in [3.8, 4) is 0 Å². The van der Waals surface area contributed by atoms with E-state index in [-0.39, 0.29) is 6.54 Å². The largest absolute Gasteiger partial charge is 0.399 e. The quantitative estimate of drug-likeness (QED) is 0.817. The highest BCUT2D eigenvalue weighted by Gasteiger charge is 2.27.